The Labute approximate surface area is 146 Å². The summed E-state index contributed by atoms with van der Waals surface area (Å²) in [7, 11) is 0. The van der Waals surface area contributed by atoms with Crippen LogP contribution in [0.4, 0.5) is 5.69 Å². The van der Waals surface area contributed by atoms with Crippen LogP contribution in [0.15, 0.2) is 67.1 Å². The predicted molar refractivity (Wildman–Crippen MR) is 98.1 cm³/mol. The molecule has 25 heavy (non-hydrogen) atoms. The summed E-state index contributed by atoms with van der Waals surface area (Å²) < 4.78 is 0. The predicted octanol–water partition coefficient (Wildman–Crippen LogP) is 3.41. The summed E-state index contributed by atoms with van der Waals surface area (Å²) in [6.07, 6.45) is 6.46. The molecular formula is C20H19N3O2. The lowest BCUT2D eigenvalue weighted by atomic mass is 10.1. The normalized spacial score (nSPS) is 10.9. The summed E-state index contributed by atoms with van der Waals surface area (Å²) in [4.78, 5) is 19.1. The second-order valence-electron chi connectivity index (χ2n) is 5.61. The van der Waals surface area contributed by atoms with Crippen molar-refractivity contribution in [3.05, 3.63) is 89.5 Å². The lowest BCUT2D eigenvalue weighted by Crippen LogP contribution is -2.01. The molecule has 0 radical (unpaired) electrons. The second kappa shape index (κ2) is 8.08. The zero-order valence-corrected chi connectivity index (χ0v) is 13.6. The SMILES string of the molecule is O=C(/C=C/c1cnc[nH]1)c1cccc(NCc2ccc(CO)cc2)c1. The minimum Gasteiger partial charge on any atom is -0.392 e. The fraction of sp³-hybridized carbons (Fsp3) is 0.100. The Balaban J connectivity index is 1.63. The number of hydrogen-bond donors (Lipinski definition) is 3. The number of aliphatic hydroxyl groups is 1. The molecule has 0 saturated heterocycles. The molecular weight excluding hydrogens is 314 g/mol. The highest BCUT2D eigenvalue weighted by molar-refractivity contribution is 6.07. The van der Waals surface area contributed by atoms with E-state index < -0.39 is 0 Å². The largest absolute Gasteiger partial charge is 0.392 e. The summed E-state index contributed by atoms with van der Waals surface area (Å²) in [6, 6.07) is 15.2. The third-order valence-corrected chi connectivity index (χ3v) is 3.78. The molecule has 3 rings (SSSR count). The number of aromatic nitrogens is 2. The van der Waals surface area contributed by atoms with Gasteiger partial charge in [-0.1, -0.05) is 36.4 Å². The van der Waals surface area contributed by atoms with Crippen molar-refractivity contribution in [3.63, 3.8) is 0 Å². The Kier molecular flexibility index (Phi) is 5.39. The van der Waals surface area contributed by atoms with Crippen molar-refractivity contribution >= 4 is 17.5 Å². The molecule has 3 aromatic rings. The Morgan fingerprint density at radius 1 is 1.16 bits per heavy atom. The molecule has 0 aliphatic rings. The fourth-order valence-corrected chi connectivity index (χ4v) is 2.37. The number of nitrogens with zero attached hydrogens (tertiary/aromatic N) is 1. The van der Waals surface area contributed by atoms with Crippen LogP contribution in [0.3, 0.4) is 0 Å². The summed E-state index contributed by atoms with van der Waals surface area (Å²) in [5, 5.41) is 12.4. The first-order valence-electron chi connectivity index (χ1n) is 7.98. The topological polar surface area (TPSA) is 78.0 Å². The zero-order chi connectivity index (χ0) is 17.5. The number of aliphatic hydroxyl groups excluding tert-OH is 1. The number of hydrogen-bond acceptors (Lipinski definition) is 4. The van der Waals surface area contributed by atoms with Crippen LogP contribution in [0.5, 0.6) is 0 Å². The monoisotopic (exact) mass is 333 g/mol. The lowest BCUT2D eigenvalue weighted by Gasteiger charge is -2.08. The van der Waals surface area contributed by atoms with E-state index in [1.165, 1.54) is 6.08 Å². The molecule has 126 valence electrons. The third-order valence-electron chi connectivity index (χ3n) is 3.78. The number of imidazole rings is 1. The molecule has 0 atom stereocenters. The Bertz CT molecular complexity index is 853. The van der Waals surface area contributed by atoms with Crippen LogP contribution in [0.2, 0.25) is 0 Å². The maximum Gasteiger partial charge on any atom is 0.185 e. The molecule has 0 bridgehead atoms. The molecule has 1 heterocycles. The Morgan fingerprint density at radius 3 is 2.68 bits per heavy atom. The number of carbonyl (C=O) groups is 1. The van der Waals surface area contributed by atoms with Crippen molar-refractivity contribution in [2.75, 3.05) is 5.32 Å². The van der Waals surface area contributed by atoms with E-state index in [1.807, 2.05) is 42.5 Å². The van der Waals surface area contributed by atoms with Crippen molar-refractivity contribution in [2.45, 2.75) is 13.2 Å². The molecule has 0 fully saturated rings. The van der Waals surface area contributed by atoms with Gasteiger partial charge in [0.25, 0.3) is 0 Å². The Morgan fingerprint density at radius 2 is 1.96 bits per heavy atom. The van der Waals surface area contributed by atoms with Crippen molar-refractivity contribution in [1.29, 1.82) is 0 Å². The number of benzene rings is 2. The van der Waals surface area contributed by atoms with Gasteiger partial charge in [0.1, 0.15) is 0 Å². The van der Waals surface area contributed by atoms with Gasteiger partial charge in [0.2, 0.25) is 0 Å². The average Bonchev–Trinajstić information content (AvgIpc) is 3.19. The summed E-state index contributed by atoms with van der Waals surface area (Å²) in [5.74, 6) is -0.0643. The molecule has 0 unspecified atom stereocenters. The third kappa shape index (κ3) is 4.65. The molecule has 0 spiro atoms. The van der Waals surface area contributed by atoms with Crippen LogP contribution in [-0.4, -0.2) is 20.9 Å². The van der Waals surface area contributed by atoms with Crippen LogP contribution in [0, 0.1) is 0 Å². The second-order valence-corrected chi connectivity index (χ2v) is 5.61. The van der Waals surface area contributed by atoms with E-state index in [2.05, 4.69) is 15.3 Å². The van der Waals surface area contributed by atoms with E-state index in [4.69, 9.17) is 5.11 Å². The number of nitrogens with one attached hydrogen (secondary N) is 2. The van der Waals surface area contributed by atoms with Gasteiger partial charge < -0.3 is 15.4 Å². The van der Waals surface area contributed by atoms with Gasteiger partial charge in [-0.3, -0.25) is 4.79 Å². The summed E-state index contributed by atoms with van der Waals surface area (Å²) in [5.41, 5.74) is 4.28. The maximum atomic E-state index is 12.3. The molecule has 0 amide bonds. The van der Waals surface area contributed by atoms with Crippen molar-refractivity contribution in [2.24, 2.45) is 0 Å². The molecule has 1 aromatic heterocycles. The zero-order valence-electron chi connectivity index (χ0n) is 13.6. The number of rotatable bonds is 7. The van der Waals surface area contributed by atoms with E-state index in [1.54, 1.807) is 24.7 Å². The molecule has 2 aromatic carbocycles. The van der Waals surface area contributed by atoms with Crippen LogP contribution in [-0.2, 0) is 13.2 Å². The minimum absolute atomic E-state index is 0.0456. The highest BCUT2D eigenvalue weighted by atomic mass is 16.3. The first-order valence-corrected chi connectivity index (χ1v) is 7.98. The number of H-pyrrole nitrogens is 1. The van der Waals surface area contributed by atoms with E-state index in [-0.39, 0.29) is 12.4 Å². The number of carbonyl (C=O) groups excluding carboxylic acids is 1. The fourth-order valence-electron chi connectivity index (χ4n) is 2.37. The maximum absolute atomic E-state index is 12.3. The number of anilines is 1. The molecule has 3 N–H and O–H groups in total. The Hall–Kier alpha value is -3.18. The van der Waals surface area contributed by atoms with Gasteiger partial charge in [-0.25, -0.2) is 4.98 Å². The first kappa shape index (κ1) is 16.7. The first-order chi connectivity index (χ1) is 12.2. The van der Waals surface area contributed by atoms with Gasteiger partial charge in [-0.15, -0.1) is 0 Å². The van der Waals surface area contributed by atoms with Gasteiger partial charge in [0.05, 0.1) is 24.8 Å². The highest BCUT2D eigenvalue weighted by Crippen LogP contribution is 2.14. The van der Waals surface area contributed by atoms with Gasteiger partial charge in [0, 0.05) is 17.8 Å². The van der Waals surface area contributed by atoms with Crippen molar-refractivity contribution in [1.82, 2.24) is 9.97 Å². The summed E-state index contributed by atoms with van der Waals surface area (Å²) in [6.45, 7) is 0.692. The van der Waals surface area contributed by atoms with Gasteiger partial charge in [-0.2, -0.15) is 0 Å². The number of aromatic amines is 1. The molecule has 5 nitrogen and oxygen atoms in total. The number of ketones is 1. The number of allylic oxidation sites excluding steroid dienone is 1. The van der Waals surface area contributed by atoms with Crippen LogP contribution in [0.25, 0.3) is 6.08 Å². The highest BCUT2D eigenvalue weighted by Gasteiger charge is 2.03. The smallest absolute Gasteiger partial charge is 0.185 e. The van der Waals surface area contributed by atoms with Crippen molar-refractivity contribution < 1.29 is 9.90 Å². The standard InChI is InChI=1S/C20H19N3O2/c24-13-16-6-4-15(5-7-16)11-22-18-3-1-2-17(10-18)20(25)9-8-19-12-21-14-23-19/h1-10,12,14,22,24H,11,13H2,(H,21,23)/b9-8+. The van der Waals surface area contributed by atoms with Gasteiger partial charge >= 0.3 is 0 Å². The minimum atomic E-state index is -0.0643. The van der Waals surface area contributed by atoms with E-state index in [0.717, 1.165) is 22.5 Å². The lowest BCUT2D eigenvalue weighted by molar-refractivity contribution is 0.104. The molecule has 0 aliphatic heterocycles. The van der Waals surface area contributed by atoms with Crippen LogP contribution >= 0.6 is 0 Å². The van der Waals surface area contributed by atoms with Crippen molar-refractivity contribution in [3.8, 4) is 0 Å². The van der Waals surface area contributed by atoms with Gasteiger partial charge in [-0.05, 0) is 35.4 Å². The molecule has 0 aliphatic carbocycles. The molecule has 5 heteroatoms. The van der Waals surface area contributed by atoms with Crippen LogP contribution in [0.1, 0.15) is 27.2 Å². The van der Waals surface area contributed by atoms with Gasteiger partial charge in [0.15, 0.2) is 5.78 Å². The van der Waals surface area contributed by atoms with E-state index in [0.29, 0.717) is 12.1 Å². The molecule has 0 saturated carbocycles. The average molecular weight is 333 g/mol. The van der Waals surface area contributed by atoms with E-state index >= 15 is 0 Å². The van der Waals surface area contributed by atoms with E-state index in [9.17, 15) is 4.79 Å². The quantitative estimate of drug-likeness (QED) is 0.457. The summed E-state index contributed by atoms with van der Waals surface area (Å²) >= 11 is 0. The van der Waals surface area contributed by atoms with Crippen LogP contribution < -0.4 is 5.32 Å².